The Morgan fingerprint density at radius 2 is 1.68 bits per heavy atom. The zero-order valence-electron chi connectivity index (χ0n) is 13.8. The fourth-order valence-electron chi connectivity index (χ4n) is 3.30. The molecule has 1 saturated heterocycles. The fourth-order valence-corrected chi connectivity index (χ4v) is 4.76. The predicted molar refractivity (Wildman–Crippen MR) is 92.2 cm³/mol. The summed E-state index contributed by atoms with van der Waals surface area (Å²) in [6.07, 6.45) is 0. The molecule has 0 bridgehead atoms. The summed E-state index contributed by atoms with van der Waals surface area (Å²) in [6, 6.07) is 14.7. The zero-order valence-corrected chi connectivity index (χ0v) is 14.7. The highest BCUT2D eigenvalue weighted by atomic mass is 32.2. The minimum Gasteiger partial charge on any atom is -0.454 e. The molecule has 2 heterocycles. The molecular weight excluding hydrogens is 340 g/mol. The number of piperazine rings is 1. The Balaban J connectivity index is 1.39. The molecule has 4 rings (SSSR count). The molecule has 0 amide bonds. The average Bonchev–Trinajstić information content (AvgIpc) is 3.11. The van der Waals surface area contributed by atoms with Gasteiger partial charge in [0.1, 0.15) is 6.54 Å². The molecule has 0 radical (unpaired) electrons. The van der Waals surface area contributed by atoms with Gasteiger partial charge in [-0.25, -0.2) is 8.42 Å². The first-order chi connectivity index (χ1) is 12.1. The van der Waals surface area contributed by atoms with Crippen LogP contribution < -0.4 is 14.4 Å². The van der Waals surface area contributed by atoms with Gasteiger partial charge < -0.3 is 14.4 Å². The van der Waals surface area contributed by atoms with Crippen LogP contribution in [0.2, 0.25) is 0 Å². The maximum atomic E-state index is 12.7. The highest BCUT2D eigenvalue weighted by Gasteiger charge is 2.30. The van der Waals surface area contributed by atoms with Crippen molar-refractivity contribution in [2.75, 3.05) is 33.0 Å². The first-order valence-electron chi connectivity index (χ1n) is 8.40. The van der Waals surface area contributed by atoms with E-state index in [0.717, 1.165) is 31.1 Å². The molecule has 2 aromatic rings. The molecule has 0 atom stereocenters. The normalized spacial score (nSPS) is 18.4. The van der Waals surface area contributed by atoms with Crippen LogP contribution in [0.4, 0.5) is 0 Å². The summed E-state index contributed by atoms with van der Waals surface area (Å²) in [5.74, 6) is 1.58. The Labute approximate surface area is 147 Å². The first kappa shape index (κ1) is 16.4. The van der Waals surface area contributed by atoms with Gasteiger partial charge in [-0.05, 0) is 30.3 Å². The predicted octanol–water partition coefficient (Wildman–Crippen LogP) is 0.505. The summed E-state index contributed by atoms with van der Waals surface area (Å²) in [5.41, 5.74) is 1.18. The Morgan fingerprint density at radius 3 is 2.44 bits per heavy atom. The molecule has 1 N–H and O–H groups in total. The van der Waals surface area contributed by atoms with Gasteiger partial charge in [-0.1, -0.05) is 18.2 Å². The van der Waals surface area contributed by atoms with E-state index in [-0.39, 0.29) is 6.79 Å². The molecule has 132 valence electrons. The second-order valence-corrected chi connectivity index (χ2v) is 8.27. The van der Waals surface area contributed by atoms with Gasteiger partial charge in [-0.15, -0.1) is 0 Å². The number of fused-ring (bicyclic) bond motifs is 1. The van der Waals surface area contributed by atoms with Crippen molar-refractivity contribution in [3.05, 3.63) is 54.1 Å². The van der Waals surface area contributed by atoms with Gasteiger partial charge in [0.15, 0.2) is 11.5 Å². The zero-order chi connectivity index (χ0) is 17.3. The standard InChI is InChI=1S/C18H20N2O4S/c21-25(22,16-4-2-1-3-5-16)20-10-8-19(9-11-20)13-15-6-7-17-18(12-15)24-14-23-17/h1-7,12H,8-11,13-14H2/p+1. The number of nitrogens with one attached hydrogen (secondary N) is 1. The fraction of sp³-hybridized carbons (Fsp3) is 0.333. The van der Waals surface area contributed by atoms with Crippen LogP contribution in [0.25, 0.3) is 0 Å². The second kappa shape index (κ2) is 6.67. The van der Waals surface area contributed by atoms with E-state index in [1.165, 1.54) is 10.5 Å². The largest absolute Gasteiger partial charge is 0.454 e. The van der Waals surface area contributed by atoms with Crippen molar-refractivity contribution in [2.45, 2.75) is 11.4 Å². The van der Waals surface area contributed by atoms with Crippen LogP contribution in [-0.2, 0) is 16.6 Å². The molecule has 0 aromatic heterocycles. The molecular formula is C18H21N2O4S+. The van der Waals surface area contributed by atoms with Crippen molar-refractivity contribution in [1.82, 2.24) is 4.31 Å². The van der Waals surface area contributed by atoms with Gasteiger partial charge in [0, 0.05) is 5.56 Å². The molecule has 0 saturated carbocycles. The lowest BCUT2D eigenvalue weighted by molar-refractivity contribution is -0.917. The van der Waals surface area contributed by atoms with Crippen LogP contribution in [0.5, 0.6) is 11.5 Å². The molecule has 0 unspecified atom stereocenters. The summed E-state index contributed by atoms with van der Waals surface area (Å²) in [5, 5.41) is 0. The Kier molecular flexibility index (Phi) is 4.37. The van der Waals surface area contributed by atoms with E-state index in [9.17, 15) is 8.42 Å². The molecule has 25 heavy (non-hydrogen) atoms. The first-order valence-corrected chi connectivity index (χ1v) is 9.84. The van der Waals surface area contributed by atoms with E-state index < -0.39 is 10.0 Å². The Hall–Kier alpha value is -2.09. The molecule has 0 aliphatic carbocycles. The van der Waals surface area contributed by atoms with Gasteiger partial charge in [-0.3, -0.25) is 0 Å². The van der Waals surface area contributed by atoms with Crippen LogP contribution in [0.1, 0.15) is 5.56 Å². The minimum absolute atomic E-state index is 0.279. The van der Waals surface area contributed by atoms with Gasteiger partial charge in [-0.2, -0.15) is 4.31 Å². The summed E-state index contributed by atoms with van der Waals surface area (Å²) >= 11 is 0. The van der Waals surface area contributed by atoms with Crippen LogP contribution in [0, 0.1) is 0 Å². The van der Waals surface area contributed by atoms with E-state index in [1.54, 1.807) is 28.6 Å². The summed E-state index contributed by atoms with van der Waals surface area (Å²) in [4.78, 5) is 1.74. The lowest BCUT2D eigenvalue weighted by atomic mass is 10.2. The van der Waals surface area contributed by atoms with Crippen molar-refractivity contribution in [1.29, 1.82) is 0 Å². The monoisotopic (exact) mass is 361 g/mol. The van der Waals surface area contributed by atoms with Crippen LogP contribution in [0.15, 0.2) is 53.4 Å². The van der Waals surface area contributed by atoms with Gasteiger partial charge in [0.25, 0.3) is 0 Å². The van der Waals surface area contributed by atoms with Crippen molar-refractivity contribution in [3.63, 3.8) is 0 Å². The third kappa shape index (κ3) is 3.35. The lowest BCUT2D eigenvalue weighted by Gasteiger charge is -2.31. The summed E-state index contributed by atoms with van der Waals surface area (Å²) in [7, 11) is -3.38. The second-order valence-electron chi connectivity index (χ2n) is 6.33. The number of quaternary nitrogens is 1. The van der Waals surface area contributed by atoms with E-state index >= 15 is 0 Å². The van der Waals surface area contributed by atoms with E-state index in [1.807, 2.05) is 24.3 Å². The van der Waals surface area contributed by atoms with Gasteiger partial charge >= 0.3 is 0 Å². The van der Waals surface area contributed by atoms with Crippen LogP contribution in [-0.4, -0.2) is 45.7 Å². The third-order valence-electron chi connectivity index (χ3n) is 4.70. The highest BCUT2D eigenvalue weighted by molar-refractivity contribution is 7.89. The topological polar surface area (TPSA) is 60.3 Å². The number of rotatable bonds is 4. The maximum absolute atomic E-state index is 12.7. The maximum Gasteiger partial charge on any atom is 0.243 e. The smallest absolute Gasteiger partial charge is 0.243 e. The van der Waals surface area contributed by atoms with Gasteiger partial charge in [0.05, 0.1) is 31.1 Å². The number of hydrogen-bond acceptors (Lipinski definition) is 4. The minimum atomic E-state index is -3.38. The van der Waals surface area contributed by atoms with Crippen molar-refractivity contribution in [2.24, 2.45) is 0 Å². The molecule has 2 aliphatic heterocycles. The Morgan fingerprint density at radius 1 is 0.960 bits per heavy atom. The molecule has 1 fully saturated rings. The SMILES string of the molecule is O=S(=O)(c1ccccc1)N1CC[NH+](Cc2ccc3c(c2)OCO3)CC1. The molecule has 0 spiro atoms. The van der Waals surface area contributed by atoms with E-state index in [4.69, 9.17) is 9.47 Å². The summed E-state index contributed by atoms with van der Waals surface area (Å²) in [6.45, 7) is 3.80. The average molecular weight is 361 g/mol. The molecule has 6 nitrogen and oxygen atoms in total. The molecule has 7 heteroatoms. The number of hydrogen-bond donors (Lipinski definition) is 1. The van der Waals surface area contributed by atoms with Crippen LogP contribution >= 0.6 is 0 Å². The number of ether oxygens (including phenoxy) is 2. The van der Waals surface area contributed by atoms with Crippen LogP contribution in [0.3, 0.4) is 0 Å². The summed E-state index contributed by atoms with van der Waals surface area (Å²) < 4.78 is 37.7. The van der Waals surface area contributed by atoms with Crippen molar-refractivity contribution < 1.29 is 22.8 Å². The third-order valence-corrected chi connectivity index (χ3v) is 6.61. The van der Waals surface area contributed by atoms with Crippen molar-refractivity contribution >= 4 is 10.0 Å². The lowest BCUT2D eigenvalue weighted by Crippen LogP contribution is -3.13. The molecule has 2 aliphatic rings. The number of sulfonamides is 1. The highest BCUT2D eigenvalue weighted by Crippen LogP contribution is 2.32. The van der Waals surface area contributed by atoms with Crippen molar-refractivity contribution in [3.8, 4) is 11.5 Å². The number of benzene rings is 2. The van der Waals surface area contributed by atoms with E-state index in [2.05, 4.69) is 0 Å². The Bertz CT molecular complexity index is 847. The van der Waals surface area contributed by atoms with E-state index in [0.29, 0.717) is 18.0 Å². The van der Waals surface area contributed by atoms with Gasteiger partial charge in [0.2, 0.25) is 16.8 Å². The molecule has 2 aromatic carbocycles. The number of nitrogens with zero attached hydrogens (tertiary/aromatic N) is 1. The quantitative estimate of drug-likeness (QED) is 0.862.